The molecular weight excluding hydrogens is 356 g/mol. The third-order valence-corrected chi connectivity index (χ3v) is 5.83. The molecule has 0 aliphatic carbocycles. The van der Waals surface area contributed by atoms with Crippen molar-refractivity contribution in [2.24, 2.45) is 0 Å². The lowest BCUT2D eigenvalue weighted by Crippen LogP contribution is -2.50. The van der Waals surface area contributed by atoms with Gasteiger partial charge in [-0.1, -0.05) is 24.3 Å². The first-order valence-corrected chi connectivity index (χ1v) is 10.3. The third kappa shape index (κ3) is 5.90. The van der Waals surface area contributed by atoms with Crippen LogP contribution in [0.5, 0.6) is 0 Å². The molecule has 0 atom stereocenters. The molecule has 0 spiro atoms. The van der Waals surface area contributed by atoms with Gasteiger partial charge in [0.15, 0.2) is 0 Å². The summed E-state index contributed by atoms with van der Waals surface area (Å²) < 4.78 is 0. The molecule has 0 radical (unpaired) electrons. The van der Waals surface area contributed by atoms with E-state index in [-0.39, 0.29) is 5.91 Å². The van der Waals surface area contributed by atoms with Crippen molar-refractivity contribution in [3.05, 3.63) is 52.7 Å². The van der Waals surface area contributed by atoms with Gasteiger partial charge in [0, 0.05) is 49.8 Å². The molecule has 1 fully saturated rings. The van der Waals surface area contributed by atoms with Crippen LogP contribution in [0.1, 0.15) is 11.3 Å². The van der Waals surface area contributed by atoms with Gasteiger partial charge in [0.1, 0.15) is 0 Å². The van der Waals surface area contributed by atoms with E-state index in [1.807, 2.05) is 41.7 Å². The van der Waals surface area contributed by atoms with E-state index < -0.39 is 0 Å². The predicted octanol–water partition coefficient (Wildman–Crippen LogP) is 2.86. The molecule has 0 saturated carbocycles. The largest absolute Gasteiger partial charge is 0.310 e. The molecule has 1 amide bonds. The van der Waals surface area contributed by atoms with Crippen LogP contribution in [0.4, 0.5) is 5.69 Å². The number of carbonyl (C=O) groups is 1. The number of carbonyl (C=O) groups excluding carboxylic acids is 1. The zero-order valence-corrected chi connectivity index (χ0v) is 16.4. The Balaban J connectivity index is 1.47. The highest BCUT2D eigenvalue weighted by atomic mass is 32.1. The molecule has 142 valence electrons. The van der Waals surface area contributed by atoms with E-state index in [4.69, 9.17) is 5.26 Å². The predicted molar refractivity (Wildman–Crippen MR) is 110 cm³/mol. The van der Waals surface area contributed by atoms with Crippen molar-refractivity contribution in [1.82, 2.24) is 9.80 Å². The number of hydrogen-bond donors (Lipinski definition) is 0. The number of para-hydroxylation sites is 1. The molecule has 1 aliphatic heterocycles. The number of benzene rings is 1. The maximum Gasteiger partial charge on any atom is 0.241 e. The van der Waals surface area contributed by atoms with Crippen molar-refractivity contribution in [2.45, 2.75) is 12.8 Å². The van der Waals surface area contributed by atoms with Gasteiger partial charge in [0.2, 0.25) is 5.91 Å². The highest BCUT2D eigenvalue weighted by Gasteiger charge is 2.22. The molecule has 1 saturated heterocycles. The molecule has 2 aromatic rings. The minimum absolute atomic E-state index is 0.0727. The number of nitrogens with zero attached hydrogens (tertiary/aromatic N) is 4. The molecule has 2 heterocycles. The van der Waals surface area contributed by atoms with Gasteiger partial charge in [-0.25, -0.2) is 0 Å². The number of rotatable bonds is 8. The molecule has 0 unspecified atom stereocenters. The van der Waals surface area contributed by atoms with E-state index in [0.29, 0.717) is 19.5 Å². The molecule has 0 bridgehead atoms. The Morgan fingerprint density at radius 3 is 2.48 bits per heavy atom. The monoisotopic (exact) mass is 382 g/mol. The van der Waals surface area contributed by atoms with Gasteiger partial charge < -0.3 is 9.80 Å². The van der Waals surface area contributed by atoms with Crippen LogP contribution < -0.4 is 4.90 Å². The second kappa shape index (κ2) is 10.2. The number of amides is 1. The first-order chi connectivity index (χ1) is 13.3. The SMILES string of the molecule is N#CCCN(C(=O)CN1CCN(CCc2cccs2)CC1)c1ccccc1. The van der Waals surface area contributed by atoms with E-state index in [1.54, 1.807) is 4.90 Å². The summed E-state index contributed by atoms with van der Waals surface area (Å²) in [5.74, 6) is 0.0727. The van der Waals surface area contributed by atoms with E-state index in [9.17, 15) is 4.79 Å². The van der Waals surface area contributed by atoms with Crippen LogP contribution >= 0.6 is 11.3 Å². The molecule has 3 rings (SSSR count). The fraction of sp³-hybridized carbons (Fsp3) is 0.429. The molecule has 27 heavy (non-hydrogen) atoms. The van der Waals surface area contributed by atoms with Crippen LogP contribution in [0, 0.1) is 11.3 Å². The van der Waals surface area contributed by atoms with Crippen LogP contribution in [0.15, 0.2) is 47.8 Å². The summed E-state index contributed by atoms with van der Waals surface area (Å²) in [6, 6.07) is 16.1. The topological polar surface area (TPSA) is 50.6 Å². The lowest BCUT2D eigenvalue weighted by Gasteiger charge is -2.35. The maximum atomic E-state index is 12.8. The smallest absolute Gasteiger partial charge is 0.241 e. The van der Waals surface area contributed by atoms with Crippen molar-refractivity contribution in [3.8, 4) is 6.07 Å². The molecule has 6 heteroatoms. The maximum absolute atomic E-state index is 12.8. The summed E-state index contributed by atoms with van der Waals surface area (Å²) in [4.78, 5) is 20.7. The molecule has 1 aromatic carbocycles. The minimum atomic E-state index is 0.0727. The molecular formula is C21H26N4OS. The number of piperazine rings is 1. The fourth-order valence-corrected chi connectivity index (χ4v) is 4.04. The second-order valence-corrected chi connectivity index (χ2v) is 7.77. The molecule has 0 N–H and O–H groups in total. The normalized spacial score (nSPS) is 15.4. The van der Waals surface area contributed by atoms with Gasteiger partial charge in [-0.2, -0.15) is 5.26 Å². The van der Waals surface area contributed by atoms with Crippen LogP contribution in [0.3, 0.4) is 0 Å². The first-order valence-electron chi connectivity index (χ1n) is 9.46. The number of nitriles is 1. The van der Waals surface area contributed by atoms with Gasteiger partial charge in [0.05, 0.1) is 19.0 Å². The zero-order chi connectivity index (χ0) is 18.9. The lowest BCUT2D eigenvalue weighted by atomic mass is 10.2. The summed E-state index contributed by atoms with van der Waals surface area (Å²) in [6.07, 6.45) is 1.45. The highest BCUT2D eigenvalue weighted by molar-refractivity contribution is 7.09. The minimum Gasteiger partial charge on any atom is -0.310 e. The van der Waals surface area contributed by atoms with Gasteiger partial charge in [-0.3, -0.25) is 9.69 Å². The van der Waals surface area contributed by atoms with E-state index >= 15 is 0 Å². The average molecular weight is 383 g/mol. The van der Waals surface area contributed by atoms with Gasteiger partial charge in [-0.15, -0.1) is 11.3 Å². The highest BCUT2D eigenvalue weighted by Crippen LogP contribution is 2.15. The summed E-state index contributed by atoms with van der Waals surface area (Å²) in [5, 5.41) is 11.0. The Bertz CT molecular complexity index is 733. The fourth-order valence-electron chi connectivity index (χ4n) is 3.34. The van der Waals surface area contributed by atoms with Crippen molar-refractivity contribution in [1.29, 1.82) is 5.26 Å². The summed E-state index contributed by atoms with van der Waals surface area (Å²) in [6.45, 7) is 5.78. The lowest BCUT2D eigenvalue weighted by molar-refractivity contribution is -0.120. The first kappa shape index (κ1) is 19.6. The van der Waals surface area contributed by atoms with Gasteiger partial charge in [-0.05, 0) is 30.0 Å². The van der Waals surface area contributed by atoms with Crippen LogP contribution in [0.2, 0.25) is 0 Å². The average Bonchev–Trinajstić information content (AvgIpc) is 3.22. The number of anilines is 1. The van der Waals surface area contributed by atoms with Crippen LogP contribution in [-0.2, 0) is 11.2 Å². The van der Waals surface area contributed by atoms with Crippen LogP contribution in [-0.4, -0.2) is 61.5 Å². The van der Waals surface area contributed by atoms with Crippen molar-refractivity contribution in [2.75, 3.05) is 50.7 Å². The Hall–Kier alpha value is -2.20. The summed E-state index contributed by atoms with van der Waals surface area (Å²) in [5.41, 5.74) is 0.868. The van der Waals surface area contributed by atoms with Crippen molar-refractivity contribution in [3.63, 3.8) is 0 Å². The third-order valence-electron chi connectivity index (χ3n) is 4.89. The van der Waals surface area contributed by atoms with Gasteiger partial charge >= 0.3 is 0 Å². The van der Waals surface area contributed by atoms with Crippen molar-refractivity contribution < 1.29 is 4.79 Å². The summed E-state index contributed by atoms with van der Waals surface area (Å²) >= 11 is 1.82. The van der Waals surface area contributed by atoms with E-state index in [1.165, 1.54) is 4.88 Å². The molecule has 5 nitrogen and oxygen atoms in total. The zero-order valence-electron chi connectivity index (χ0n) is 15.6. The molecule has 1 aromatic heterocycles. The molecule has 1 aliphatic rings. The summed E-state index contributed by atoms with van der Waals surface area (Å²) in [7, 11) is 0. The number of hydrogen-bond acceptors (Lipinski definition) is 5. The standard InChI is InChI=1S/C21H26N4OS/c22-10-5-11-25(19-6-2-1-3-7-19)21(26)18-24-15-13-23(14-16-24)12-9-20-8-4-17-27-20/h1-4,6-8,17H,5,9,11-16,18H2. The Labute approximate surface area is 165 Å². The Morgan fingerprint density at radius 2 is 1.81 bits per heavy atom. The van der Waals surface area contributed by atoms with Crippen molar-refractivity contribution >= 4 is 22.9 Å². The Kier molecular flexibility index (Phi) is 7.40. The quantitative estimate of drug-likeness (QED) is 0.704. The van der Waals surface area contributed by atoms with E-state index in [0.717, 1.165) is 44.8 Å². The van der Waals surface area contributed by atoms with Crippen LogP contribution in [0.25, 0.3) is 0 Å². The second-order valence-electron chi connectivity index (χ2n) is 6.74. The Morgan fingerprint density at radius 1 is 1.07 bits per heavy atom. The number of thiophene rings is 1. The van der Waals surface area contributed by atoms with E-state index in [2.05, 4.69) is 33.4 Å². The van der Waals surface area contributed by atoms with Gasteiger partial charge in [0.25, 0.3) is 0 Å².